The van der Waals surface area contributed by atoms with Crippen LogP contribution in [0.2, 0.25) is 0 Å². The predicted octanol–water partition coefficient (Wildman–Crippen LogP) is 2.53. The van der Waals surface area contributed by atoms with Crippen molar-refractivity contribution in [2.45, 2.75) is 19.3 Å². The molecule has 0 bridgehead atoms. The van der Waals surface area contributed by atoms with Gasteiger partial charge in [-0.25, -0.2) is 4.39 Å². The molecule has 1 heterocycles. The van der Waals surface area contributed by atoms with Gasteiger partial charge in [0.15, 0.2) is 6.17 Å². The van der Waals surface area contributed by atoms with Crippen LogP contribution in [0.15, 0.2) is 72.8 Å². The molecule has 1 aliphatic heterocycles. The van der Waals surface area contributed by atoms with E-state index in [9.17, 15) is 18.8 Å². The zero-order chi connectivity index (χ0) is 25.7. The predicted molar refractivity (Wildman–Crippen MR) is 131 cm³/mol. The highest BCUT2D eigenvalue weighted by molar-refractivity contribution is 6.02. The number of benzene rings is 3. The Bertz CT molecular complexity index is 1280. The molecule has 9 heteroatoms. The first-order valence-corrected chi connectivity index (χ1v) is 11.5. The minimum atomic E-state index is -1.21. The highest BCUT2D eigenvalue weighted by Gasteiger charge is 2.43. The van der Waals surface area contributed by atoms with Crippen LogP contribution in [0.25, 0.3) is 0 Å². The summed E-state index contributed by atoms with van der Waals surface area (Å²) in [6, 6.07) is 19.3. The van der Waals surface area contributed by atoms with Crippen LogP contribution in [0.1, 0.15) is 31.8 Å². The third kappa shape index (κ3) is 5.36. The Morgan fingerprint density at radius 3 is 2.17 bits per heavy atom. The molecule has 3 aromatic carbocycles. The van der Waals surface area contributed by atoms with Crippen LogP contribution >= 0.6 is 0 Å². The van der Waals surface area contributed by atoms with E-state index in [-0.39, 0.29) is 25.2 Å². The molecule has 3 N–H and O–H groups in total. The second kappa shape index (κ2) is 11.0. The van der Waals surface area contributed by atoms with Gasteiger partial charge in [0.05, 0.1) is 7.11 Å². The van der Waals surface area contributed by atoms with Crippen molar-refractivity contribution in [2.75, 3.05) is 20.2 Å². The minimum absolute atomic E-state index is 0.0964. The smallest absolute Gasteiger partial charge is 0.264 e. The van der Waals surface area contributed by atoms with E-state index in [0.717, 1.165) is 17.2 Å². The van der Waals surface area contributed by atoms with Crippen LogP contribution in [0.4, 0.5) is 4.39 Å². The third-order valence-corrected chi connectivity index (χ3v) is 6.01. The lowest BCUT2D eigenvalue weighted by molar-refractivity contribution is -0.128. The molecule has 1 unspecified atom stereocenters. The molecule has 4 rings (SSSR count). The van der Waals surface area contributed by atoms with Gasteiger partial charge in [-0.3, -0.25) is 14.4 Å². The van der Waals surface area contributed by atoms with Crippen LogP contribution in [0, 0.1) is 5.82 Å². The van der Waals surface area contributed by atoms with E-state index in [1.54, 1.807) is 24.3 Å². The van der Waals surface area contributed by atoms with Gasteiger partial charge in [-0.05, 0) is 47.5 Å². The molecule has 3 amide bonds. The molecule has 1 aliphatic rings. The lowest BCUT2D eigenvalue weighted by Gasteiger charge is -2.29. The molecular formula is C27H27FN4O4. The Morgan fingerprint density at radius 1 is 0.917 bits per heavy atom. The summed E-state index contributed by atoms with van der Waals surface area (Å²) in [6.07, 6.45) is -1.21. The van der Waals surface area contributed by atoms with Crippen molar-refractivity contribution in [2.24, 2.45) is 5.73 Å². The van der Waals surface area contributed by atoms with E-state index in [4.69, 9.17) is 10.5 Å². The number of hydrogen-bond acceptors (Lipinski definition) is 5. The molecule has 0 aliphatic carbocycles. The fraction of sp³-hybridized carbons (Fsp3) is 0.222. The fourth-order valence-electron chi connectivity index (χ4n) is 4.19. The Balaban J connectivity index is 1.61. The number of halogens is 1. The maximum atomic E-state index is 13.8. The number of rotatable bonds is 7. The Kier molecular flexibility index (Phi) is 7.60. The third-order valence-electron chi connectivity index (χ3n) is 6.01. The first-order valence-electron chi connectivity index (χ1n) is 11.5. The van der Waals surface area contributed by atoms with Gasteiger partial charge in [0.1, 0.15) is 11.6 Å². The molecule has 8 nitrogen and oxygen atoms in total. The molecule has 1 fully saturated rings. The maximum absolute atomic E-state index is 13.8. The first kappa shape index (κ1) is 24.9. The van der Waals surface area contributed by atoms with E-state index < -0.39 is 29.7 Å². The van der Waals surface area contributed by atoms with E-state index in [1.165, 1.54) is 35.1 Å². The number of methoxy groups -OCH3 is 1. The monoisotopic (exact) mass is 490 g/mol. The van der Waals surface area contributed by atoms with Gasteiger partial charge < -0.3 is 25.6 Å². The molecule has 186 valence electrons. The summed E-state index contributed by atoms with van der Waals surface area (Å²) in [6.45, 7) is 0.805. The first-order chi connectivity index (χ1) is 17.4. The van der Waals surface area contributed by atoms with Crippen LogP contribution < -0.4 is 15.8 Å². The molecular weight excluding hydrogens is 463 g/mol. The largest absolute Gasteiger partial charge is 0.497 e. The topological polar surface area (TPSA) is 105 Å². The van der Waals surface area contributed by atoms with E-state index in [0.29, 0.717) is 17.9 Å². The van der Waals surface area contributed by atoms with Crippen LogP contribution in [0.3, 0.4) is 0 Å². The van der Waals surface area contributed by atoms with E-state index in [1.807, 2.05) is 24.3 Å². The normalized spacial score (nSPS) is 15.0. The highest BCUT2D eigenvalue weighted by Crippen LogP contribution is 2.23. The van der Waals surface area contributed by atoms with Crippen molar-refractivity contribution in [3.63, 3.8) is 0 Å². The average Bonchev–Trinajstić information content (AvgIpc) is 3.36. The molecule has 1 atom stereocenters. The number of ether oxygens (including phenoxy) is 1. The van der Waals surface area contributed by atoms with Crippen LogP contribution in [-0.4, -0.2) is 53.9 Å². The van der Waals surface area contributed by atoms with Crippen LogP contribution in [-0.2, 0) is 17.9 Å². The zero-order valence-corrected chi connectivity index (χ0v) is 19.8. The zero-order valence-electron chi connectivity index (χ0n) is 19.8. The van der Waals surface area contributed by atoms with Crippen molar-refractivity contribution in [3.05, 3.63) is 101 Å². The van der Waals surface area contributed by atoms with E-state index in [2.05, 4.69) is 5.32 Å². The number of carbonyl (C=O) groups is 3. The highest BCUT2D eigenvalue weighted by atomic mass is 19.1. The molecule has 1 saturated heterocycles. The van der Waals surface area contributed by atoms with Gasteiger partial charge in [0.2, 0.25) is 0 Å². The van der Waals surface area contributed by atoms with Crippen LogP contribution in [0.5, 0.6) is 5.75 Å². The fourth-order valence-corrected chi connectivity index (χ4v) is 4.19. The van der Waals surface area contributed by atoms with Crippen molar-refractivity contribution in [1.82, 2.24) is 15.1 Å². The second-order valence-electron chi connectivity index (χ2n) is 8.35. The summed E-state index contributed by atoms with van der Waals surface area (Å²) in [5, 5.41) is 2.83. The van der Waals surface area contributed by atoms with Crippen molar-refractivity contribution < 1.29 is 23.5 Å². The molecule has 0 spiro atoms. The van der Waals surface area contributed by atoms with Gasteiger partial charge in [-0.2, -0.15) is 0 Å². The summed E-state index contributed by atoms with van der Waals surface area (Å²) in [7, 11) is 1.49. The quantitative estimate of drug-likeness (QED) is 0.530. The number of nitrogens with zero attached hydrogens (tertiary/aromatic N) is 2. The molecule has 0 saturated carbocycles. The number of carbonyl (C=O) groups excluding carboxylic acids is 3. The molecule has 3 aromatic rings. The summed E-state index contributed by atoms with van der Waals surface area (Å²) in [5.74, 6) is -1.56. The van der Waals surface area contributed by atoms with E-state index >= 15 is 0 Å². The van der Waals surface area contributed by atoms with Gasteiger partial charge in [0, 0.05) is 37.3 Å². The second-order valence-corrected chi connectivity index (χ2v) is 8.35. The van der Waals surface area contributed by atoms with Gasteiger partial charge >= 0.3 is 0 Å². The minimum Gasteiger partial charge on any atom is -0.497 e. The molecule has 0 aromatic heterocycles. The van der Waals surface area contributed by atoms with Crippen molar-refractivity contribution in [1.29, 1.82) is 0 Å². The maximum Gasteiger partial charge on any atom is 0.264 e. The molecule has 0 radical (unpaired) electrons. The lowest BCUT2D eigenvalue weighted by Crippen LogP contribution is -2.53. The number of hydrogen-bond donors (Lipinski definition) is 2. The summed E-state index contributed by atoms with van der Waals surface area (Å²) >= 11 is 0. The standard InChI is InChI=1S/C27H27FN4O4/c1-36-23-10-4-8-21(15-23)27(35)32-12-11-31(26(34)20-7-3-9-22(28)14-20)25(32)24(33)30-17-19-6-2-5-18(13-19)16-29/h2-10,13-15,25H,11-12,16-17,29H2,1H3,(H,30,33). The summed E-state index contributed by atoms with van der Waals surface area (Å²) < 4.78 is 19.0. The van der Waals surface area contributed by atoms with Gasteiger partial charge in [-0.15, -0.1) is 0 Å². The van der Waals surface area contributed by atoms with Gasteiger partial charge in [0.25, 0.3) is 17.7 Å². The average molecular weight is 491 g/mol. The Hall–Kier alpha value is -4.24. The SMILES string of the molecule is COc1cccc(C(=O)N2CCN(C(=O)c3cccc(F)c3)C2C(=O)NCc2cccc(CN)c2)c1. The lowest BCUT2D eigenvalue weighted by atomic mass is 10.1. The Morgan fingerprint density at radius 2 is 1.53 bits per heavy atom. The Labute approximate surface area is 208 Å². The molecule has 36 heavy (non-hydrogen) atoms. The van der Waals surface area contributed by atoms with Crippen molar-refractivity contribution in [3.8, 4) is 5.75 Å². The number of nitrogens with two attached hydrogens (primary N) is 1. The van der Waals surface area contributed by atoms with Crippen molar-refractivity contribution >= 4 is 17.7 Å². The summed E-state index contributed by atoms with van der Waals surface area (Å²) in [5.41, 5.74) is 7.87. The number of amides is 3. The number of nitrogens with one attached hydrogen (secondary N) is 1. The van der Waals surface area contributed by atoms with Gasteiger partial charge in [-0.1, -0.05) is 36.4 Å². The summed E-state index contributed by atoms with van der Waals surface area (Å²) in [4.78, 5) is 42.8.